The quantitative estimate of drug-likeness (QED) is 0.0261. The summed E-state index contributed by atoms with van der Waals surface area (Å²) in [5.74, 6) is -0.889. The van der Waals surface area contributed by atoms with Crippen molar-refractivity contribution in [1.82, 2.24) is 0 Å². The molecule has 0 aromatic rings. The van der Waals surface area contributed by atoms with Crippen LogP contribution >= 0.6 is 0 Å². The molecule has 1 unspecified atom stereocenters. The topological polar surface area (TPSA) is 78.9 Å². The molecular weight excluding hydrogens is 889 g/mol. The predicted octanol–water partition coefficient (Wildman–Crippen LogP) is 20.9. The van der Waals surface area contributed by atoms with Gasteiger partial charge in [-0.3, -0.25) is 14.4 Å². The largest absolute Gasteiger partial charge is 0.462 e. The van der Waals surface area contributed by atoms with Gasteiger partial charge < -0.3 is 14.2 Å². The van der Waals surface area contributed by atoms with E-state index in [9.17, 15) is 14.4 Å². The van der Waals surface area contributed by atoms with Gasteiger partial charge in [-0.2, -0.15) is 0 Å². The van der Waals surface area contributed by atoms with Crippen LogP contribution in [0, 0.1) is 0 Å². The highest BCUT2D eigenvalue weighted by Gasteiger charge is 2.19. The Labute approximate surface area is 446 Å². The van der Waals surface area contributed by atoms with Gasteiger partial charge >= 0.3 is 17.9 Å². The van der Waals surface area contributed by atoms with E-state index in [0.29, 0.717) is 19.3 Å². The molecule has 0 saturated carbocycles. The molecule has 0 aliphatic carbocycles. The van der Waals surface area contributed by atoms with Crippen LogP contribution in [0.25, 0.3) is 0 Å². The maximum atomic E-state index is 12.9. The van der Waals surface area contributed by atoms with Crippen molar-refractivity contribution in [2.45, 2.75) is 316 Å². The zero-order valence-corrected chi connectivity index (χ0v) is 47.7. The number of ether oxygens (including phenoxy) is 3. The number of rotatable bonds is 56. The van der Waals surface area contributed by atoms with Gasteiger partial charge in [0, 0.05) is 19.3 Å². The molecule has 0 aromatic carbocycles. The summed E-state index contributed by atoms with van der Waals surface area (Å²) in [6, 6.07) is 0. The average molecular weight is 1010 g/mol. The molecule has 0 heterocycles. The van der Waals surface area contributed by atoms with E-state index in [2.05, 4.69) is 93.7 Å². The van der Waals surface area contributed by atoms with Crippen LogP contribution in [0.2, 0.25) is 0 Å². The smallest absolute Gasteiger partial charge is 0.306 e. The Hall–Kier alpha value is -3.15. The third-order valence-electron chi connectivity index (χ3n) is 13.4. The Balaban J connectivity index is 4.40. The number of carbonyl (C=O) groups excluding carboxylic acids is 3. The van der Waals surface area contributed by atoms with Crippen molar-refractivity contribution in [2.75, 3.05) is 13.2 Å². The number of carbonyl (C=O) groups is 3. The molecule has 0 aromatic heterocycles. The SMILES string of the molecule is CC/C=C\C/C=C\C/C=C\CCCCCCCCCC(=O)OCC(COC(=O)CCCCCCCC/C=C\C/C=C\C/C=C\CCCCC)OC(=O)CCCCCCCCCCCCCCCCCCCC. The van der Waals surface area contributed by atoms with Gasteiger partial charge in [0.25, 0.3) is 0 Å². The lowest BCUT2D eigenvalue weighted by molar-refractivity contribution is -0.167. The summed E-state index contributed by atoms with van der Waals surface area (Å²) in [4.78, 5) is 38.3. The van der Waals surface area contributed by atoms with Crippen molar-refractivity contribution in [3.8, 4) is 0 Å². The fourth-order valence-corrected chi connectivity index (χ4v) is 8.82. The first-order valence-electron chi connectivity index (χ1n) is 30.9. The third-order valence-corrected chi connectivity index (χ3v) is 13.4. The van der Waals surface area contributed by atoms with Crippen LogP contribution in [0.5, 0.6) is 0 Å². The van der Waals surface area contributed by atoms with Crippen LogP contribution < -0.4 is 0 Å². The molecule has 6 nitrogen and oxygen atoms in total. The molecule has 0 amide bonds. The van der Waals surface area contributed by atoms with Gasteiger partial charge in [0.05, 0.1) is 0 Å². The van der Waals surface area contributed by atoms with E-state index in [1.807, 2.05) is 0 Å². The van der Waals surface area contributed by atoms with E-state index in [0.717, 1.165) is 103 Å². The first-order chi connectivity index (χ1) is 35.5. The molecule has 0 rings (SSSR count). The van der Waals surface area contributed by atoms with Crippen LogP contribution in [-0.4, -0.2) is 37.2 Å². The van der Waals surface area contributed by atoms with Gasteiger partial charge in [0.15, 0.2) is 6.10 Å². The molecule has 0 N–H and O–H groups in total. The fourth-order valence-electron chi connectivity index (χ4n) is 8.82. The highest BCUT2D eigenvalue weighted by atomic mass is 16.6. The zero-order valence-electron chi connectivity index (χ0n) is 47.7. The molecule has 72 heavy (non-hydrogen) atoms. The second kappa shape index (κ2) is 60.4. The third kappa shape index (κ3) is 57.7. The van der Waals surface area contributed by atoms with Crippen LogP contribution in [0.15, 0.2) is 72.9 Å². The van der Waals surface area contributed by atoms with Gasteiger partial charge in [0.1, 0.15) is 13.2 Å². The number of hydrogen-bond acceptors (Lipinski definition) is 6. The van der Waals surface area contributed by atoms with E-state index in [1.54, 1.807) is 0 Å². The molecule has 1 atom stereocenters. The molecule has 0 aliphatic heterocycles. The van der Waals surface area contributed by atoms with Gasteiger partial charge in [-0.25, -0.2) is 0 Å². The molecule has 0 saturated heterocycles. The van der Waals surface area contributed by atoms with Gasteiger partial charge in [-0.05, 0) is 89.9 Å². The highest BCUT2D eigenvalue weighted by Crippen LogP contribution is 2.17. The van der Waals surface area contributed by atoms with Crippen LogP contribution in [0.3, 0.4) is 0 Å². The van der Waals surface area contributed by atoms with Gasteiger partial charge in [0.2, 0.25) is 0 Å². The number of esters is 3. The summed E-state index contributed by atoms with van der Waals surface area (Å²) in [5, 5.41) is 0. The van der Waals surface area contributed by atoms with Crippen molar-refractivity contribution < 1.29 is 28.6 Å². The minimum Gasteiger partial charge on any atom is -0.462 e. The number of unbranched alkanes of at least 4 members (excludes halogenated alkanes) is 33. The standard InChI is InChI=1S/C66H116O6/c1-4-7-10-13-16-19-22-25-28-31-33-36-38-41-44-47-50-53-56-59-65(68)71-62-63(61-70-64(67)58-55-52-49-46-43-40-37-34-30-27-24-21-18-15-12-9-6-3)72-66(69)60-57-54-51-48-45-42-39-35-32-29-26-23-20-17-14-11-8-5-2/h9,12,16,18-19,21,25,27-28,30,33,36,63H,4-8,10-11,13-15,17,20,22-24,26,29,31-32,34-35,37-62H2,1-3H3/b12-9-,19-16-,21-18-,28-25-,30-27-,36-33-. The maximum absolute atomic E-state index is 12.9. The van der Waals surface area contributed by atoms with Crippen molar-refractivity contribution in [3.63, 3.8) is 0 Å². The minimum absolute atomic E-state index is 0.0826. The highest BCUT2D eigenvalue weighted by molar-refractivity contribution is 5.71. The van der Waals surface area contributed by atoms with Crippen LogP contribution in [-0.2, 0) is 28.6 Å². The maximum Gasteiger partial charge on any atom is 0.306 e. The lowest BCUT2D eigenvalue weighted by atomic mass is 10.0. The molecule has 0 bridgehead atoms. The Morgan fingerprint density at radius 1 is 0.292 bits per heavy atom. The molecular formula is C66H116O6. The zero-order chi connectivity index (χ0) is 52.2. The van der Waals surface area contributed by atoms with Crippen LogP contribution in [0.1, 0.15) is 310 Å². The van der Waals surface area contributed by atoms with Gasteiger partial charge in [-0.1, -0.05) is 273 Å². The molecule has 0 aliphatic rings. The summed E-state index contributed by atoms with van der Waals surface area (Å²) >= 11 is 0. The second-order valence-corrected chi connectivity index (χ2v) is 20.6. The number of allylic oxidation sites excluding steroid dienone is 12. The van der Waals surface area contributed by atoms with E-state index >= 15 is 0 Å². The van der Waals surface area contributed by atoms with Crippen molar-refractivity contribution in [3.05, 3.63) is 72.9 Å². The fraction of sp³-hybridized carbons (Fsp3) is 0.773. The Bertz CT molecular complexity index is 1340. The Morgan fingerprint density at radius 3 is 0.875 bits per heavy atom. The first-order valence-corrected chi connectivity index (χ1v) is 30.9. The van der Waals surface area contributed by atoms with Gasteiger partial charge in [-0.15, -0.1) is 0 Å². The van der Waals surface area contributed by atoms with E-state index in [4.69, 9.17) is 14.2 Å². The van der Waals surface area contributed by atoms with E-state index < -0.39 is 6.10 Å². The predicted molar refractivity (Wildman–Crippen MR) is 311 cm³/mol. The molecule has 6 heteroatoms. The lowest BCUT2D eigenvalue weighted by Gasteiger charge is -2.18. The van der Waals surface area contributed by atoms with Crippen LogP contribution in [0.4, 0.5) is 0 Å². The summed E-state index contributed by atoms with van der Waals surface area (Å²) in [6.45, 7) is 6.52. The summed E-state index contributed by atoms with van der Waals surface area (Å²) in [6.07, 6.45) is 77.5. The number of hydrogen-bond donors (Lipinski definition) is 0. The Kier molecular flexibility index (Phi) is 57.8. The van der Waals surface area contributed by atoms with Crippen molar-refractivity contribution in [2.24, 2.45) is 0 Å². The molecule has 0 radical (unpaired) electrons. The Morgan fingerprint density at radius 2 is 0.542 bits per heavy atom. The molecule has 0 fully saturated rings. The monoisotopic (exact) mass is 1000 g/mol. The average Bonchev–Trinajstić information content (AvgIpc) is 3.38. The van der Waals surface area contributed by atoms with Crippen molar-refractivity contribution >= 4 is 17.9 Å². The van der Waals surface area contributed by atoms with E-state index in [1.165, 1.54) is 167 Å². The normalized spacial score (nSPS) is 12.5. The summed E-state index contributed by atoms with van der Waals surface area (Å²) in [5.41, 5.74) is 0. The minimum atomic E-state index is -0.785. The lowest BCUT2D eigenvalue weighted by Crippen LogP contribution is -2.30. The summed E-state index contributed by atoms with van der Waals surface area (Å²) in [7, 11) is 0. The van der Waals surface area contributed by atoms with E-state index in [-0.39, 0.29) is 31.1 Å². The molecule has 416 valence electrons. The molecule has 0 spiro atoms. The second-order valence-electron chi connectivity index (χ2n) is 20.6. The first kappa shape index (κ1) is 68.8. The van der Waals surface area contributed by atoms with Crippen molar-refractivity contribution in [1.29, 1.82) is 0 Å². The summed E-state index contributed by atoms with van der Waals surface area (Å²) < 4.78 is 16.9.